The molecule has 0 aromatic heterocycles. The fourth-order valence-corrected chi connectivity index (χ4v) is 4.38. The number of halogens is 1. The minimum Gasteiger partial charge on any atom is -0.461 e. The molecule has 2 nitrogen and oxygen atoms in total. The summed E-state index contributed by atoms with van der Waals surface area (Å²) in [4.78, 5) is 11.3. The van der Waals surface area contributed by atoms with Crippen LogP contribution in [-0.2, 0) is 9.53 Å². The molecule has 0 spiro atoms. The third kappa shape index (κ3) is 1.73. The topological polar surface area (TPSA) is 26.3 Å². The monoisotopic (exact) mass is 272 g/mol. The number of carbonyl (C=O) groups is 1. The molecule has 15 heavy (non-hydrogen) atoms. The molecular weight excluding hydrogens is 256 g/mol. The normalized spacial score (nSPS) is 46.9. The lowest BCUT2D eigenvalue weighted by Crippen LogP contribution is -2.50. The second-order valence-electron chi connectivity index (χ2n) is 5.52. The van der Waals surface area contributed by atoms with Gasteiger partial charge in [-0.2, -0.15) is 0 Å². The fourth-order valence-electron chi connectivity index (χ4n) is 4.25. The lowest BCUT2D eigenvalue weighted by atomic mass is 9.55. The van der Waals surface area contributed by atoms with Gasteiger partial charge in [0.2, 0.25) is 0 Å². The van der Waals surface area contributed by atoms with Crippen LogP contribution in [0.15, 0.2) is 0 Å². The highest BCUT2D eigenvalue weighted by atomic mass is 79.9. The van der Waals surface area contributed by atoms with E-state index in [1.54, 1.807) is 0 Å². The van der Waals surface area contributed by atoms with Crippen molar-refractivity contribution in [3.05, 3.63) is 0 Å². The number of alkyl halides is 1. The highest BCUT2D eigenvalue weighted by Crippen LogP contribution is 2.54. The molecule has 4 saturated carbocycles. The van der Waals surface area contributed by atoms with E-state index in [2.05, 4.69) is 15.9 Å². The number of hydrogen-bond donors (Lipinski definition) is 0. The molecule has 4 rings (SSSR count). The van der Waals surface area contributed by atoms with E-state index >= 15 is 0 Å². The fraction of sp³-hybridized carbons (Fsp3) is 0.917. The van der Waals surface area contributed by atoms with Gasteiger partial charge in [0.1, 0.15) is 11.4 Å². The molecule has 0 aromatic rings. The highest BCUT2D eigenvalue weighted by Gasteiger charge is 2.49. The third-order valence-corrected chi connectivity index (χ3v) is 4.97. The van der Waals surface area contributed by atoms with Crippen molar-refractivity contribution >= 4 is 21.9 Å². The molecule has 0 saturated heterocycles. The van der Waals surface area contributed by atoms with Gasteiger partial charge in [-0.3, -0.25) is 4.79 Å². The van der Waals surface area contributed by atoms with Crippen molar-refractivity contribution in [2.45, 2.75) is 38.2 Å². The van der Waals surface area contributed by atoms with E-state index in [0.717, 1.165) is 11.8 Å². The first-order chi connectivity index (χ1) is 7.26. The van der Waals surface area contributed by atoms with Crippen molar-refractivity contribution in [2.75, 3.05) is 5.33 Å². The van der Waals surface area contributed by atoms with Crippen LogP contribution in [0.4, 0.5) is 0 Å². The van der Waals surface area contributed by atoms with Crippen LogP contribution in [0.1, 0.15) is 32.1 Å². The van der Waals surface area contributed by atoms with E-state index in [1.165, 1.54) is 32.1 Å². The molecule has 0 aromatic carbocycles. The first kappa shape index (κ1) is 10.1. The van der Waals surface area contributed by atoms with Crippen molar-refractivity contribution in [2.24, 2.45) is 23.7 Å². The standard InChI is InChI=1S/C12H17BrO2/c13-6-11(14)15-12-9-2-7-1-8(4-9)5-10(12)3-7/h7-10,12H,1-6H2. The van der Waals surface area contributed by atoms with Gasteiger partial charge in [0.25, 0.3) is 0 Å². The summed E-state index contributed by atoms with van der Waals surface area (Å²) in [6.45, 7) is 0. The highest BCUT2D eigenvalue weighted by molar-refractivity contribution is 9.09. The van der Waals surface area contributed by atoms with E-state index < -0.39 is 0 Å². The number of hydrogen-bond acceptors (Lipinski definition) is 2. The number of rotatable bonds is 2. The zero-order valence-electron chi connectivity index (χ0n) is 8.82. The predicted molar refractivity (Wildman–Crippen MR) is 60.7 cm³/mol. The molecule has 4 aliphatic rings. The second kappa shape index (κ2) is 3.76. The van der Waals surface area contributed by atoms with Gasteiger partial charge in [0, 0.05) is 0 Å². The molecule has 3 heteroatoms. The van der Waals surface area contributed by atoms with Crippen molar-refractivity contribution in [1.82, 2.24) is 0 Å². The van der Waals surface area contributed by atoms with E-state index in [1.807, 2.05) is 0 Å². The molecule has 0 N–H and O–H groups in total. The van der Waals surface area contributed by atoms with Gasteiger partial charge in [-0.15, -0.1) is 0 Å². The Labute approximate surface area is 98.9 Å². The van der Waals surface area contributed by atoms with Crippen molar-refractivity contribution in [3.63, 3.8) is 0 Å². The molecule has 0 radical (unpaired) electrons. The van der Waals surface area contributed by atoms with Crippen molar-refractivity contribution in [1.29, 1.82) is 0 Å². The first-order valence-electron chi connectivity index (χ1n) is 6.01. The second-order valence-corrected chi connectivity index (χ2v) is 6.08. The van der Waals surface area contributed by atoms with Crippen LogP contribution in [-0.4, -0.2) is 17.4 Å². The zero-order chi connectivity index (χ0) is 10.4. The summed E-state index contributed by atoms with van der Waals surface area (Å²) in [5.74, 6) is 3.19. The van der Waals surface area contributed by atoms with E-state index in [9.17, 15) is 4.79 Å². The van der Waals surface area contributed by atoms with Crippen LogP contribution in [0, 0.1) is 23.7 Å². The lowest BCUT2D eigenvalue weighted by molar-refractivity contribution is -0.167. The van der Waals surface area contributed by atoms with Gasteiger partial charge in [0.15, 0.2) is 0 Å². The Balaban J connectivity index is 1.72. The van der Waals surface area contributed by atoms with Crippen molar-refractivity contribution < 1.29 is 9.53 Å². The van der Waals surface area contributed by atoms with Crippen LogP contribution >= 0.6 is 15.9 Å². The maximum atomic E-state index is 11.3. The Morgan fingerprint density at radius 2 is 1.60 bits per heavy atom. The van der Waals surface area contributed by atoms with Gasteiger partial charge in [-0.25, -0.2) is 0 Å². The Bertz CT molecular complexity index is 249. The molecule has 4 fully saturated rings. The van der Waals surface area contributed by atoms with Gasteiger partial charge in [0.05, 0.1) is 0 Å². The molecule has 4 aliphatic carbocycles. The van der Waals surface area contributed by atoms with E-state index in [-0.39, 0.29) is 12.1 Å². The molecule has 0 heterocycles. The first-order valence-corrected chi connectivity index (χ1v) is 7.14. The summed E-state index contributed by atoms with van der Waals surface area (Å²) in [6, 6.07) is 0. The SMILES string of the molecule is O=C(CBr)OC1C2CC3CC(C2)CC1C3. The maximum Gasteiger partial charge on any atom is 0.316 e. The Hall–Kier alpha value is -0.0500. The average Bonchev–Trinajstić information content (AvgIpc) is 2.22. The summed E-state index contributed by atoms with van der Waals surface area (Å²) >= 11 is 3.17. The Morgan fingerprint density at radius 1 is 1.07 bits per heavy atom. The summed E-state index contributed by atoms with van der Waals surface area (Å²) in [7, 11) is 0. The predicted octanol–water partition coefficient (Wildman–Crippen LogP) is 2.75. The molecule has 0 amide bonds. The van der Waals surface area contributed by atoms with Crippen LogP contribution < -0.4 is 0 Å². The minimum absolute atomic E-state index is 0.0764. The van der Waals surface area contributed by atoms with Crippen LogP contribution in [0.3, 0.4) is 0 Å². The number of carbonyl (C=O) groups excluding carboxylic acids is 1. The quantitative estimate of drug-likeness (QED) is 0.571. The van der Waals surface area contributed by atoms with Crippen LogP contribution in [0.25, 0.3) is 0 Å². The summed E-state index contributed by atoms with van der Waals surface area (Å²) in [5.41, 5.74) is 0. The van der Waals surface area contributed by atoms with E-state index in [0.29, 0.717) is 17.2 Å². The minimum atomic E-state index is -0.0764. The largest absolute Gasteiger partial charge is 0.461 e. The van der Waals surface area contributed by atoms with Gasteiger partial charge < -0.3 is 4.74 Å². The molecule has 0 unspecified atom stereocenters. The van der Waals surface area contributed by atoms with Crippen molar-refractivity contribution in [3.8, 4) is 0 Å². The summed E-state index contributed by atoms with van der Waals surface area (Å²) in [6.07, 6.45) is 6.95. The number of ether oxygens (including phenoxy) is 1. The average molecular weight is 273 g/mol. The van der Waals surface area contributed by atoms with Gasteiger partial charge in [-0.1, -0.05) is 15.9 Å². The smallest absolute Gasteiger partial charge is 0.316 e. The zero-order valence-corrected chi connectivity index (χ0v) is 10.4. The lowest BCUT2D eigenvalue weighted by Gasteiger charge is -2.53. The molecule has 4 bridgehead atoms. The summed E-state index contributed by atoms with van der Waals surface area (Å²) < 4.78 is 5.59. The molecule has 0 atom stereocenters. The third-order valence-electron chi connectivity index (χ3n) is 4.52. The van der Waals surface area contributed by atoms with Crippen LogP contribution in [0.5, 0.6) is 0 Å². The summed E-state index contributed by atoms with van der Waals surface area (Å²) in [5, 5.41) is 0.343. The molecule has 0 aliphatic heterocycles. The van der Waals surface area contributed by atoms with Crippen LogP contribution in [0.2, 0.25) is 0 Å². The molecular formula is C12H17BrO2. The maximum absolute atomic E-state index is 11.3. The van der Waals surface area contributed by atoms with Gasteiger partial charge >= 0.3 is 5.97 Å². The number of esters is 1. The Morgan fingerprint density at radius 3 is 2.07 bits per heavy atom. The van der Waals surface area contributed by atoms with E-state index in [4.69, 9.17) is 4.74 Å². The Kier molecular flexibility index (Phi) is 2.54. The van der Waals surface area contributed by atoms with Gasteiger partial charge in [-0.05, 0) is 55.8 Å². The molecule has 84 valence electrons.